The van der Waals surface area contributed by atoms with Gasteiger partial charge >= 0.3 is 22.3 Å². The van der Waals surface area contributed by atoms with Crippen LogP contribution >= 0.6 is 21.6 Å². The summed E-state index contributed by atoms with van der Waals surface area (Å²) in [7, 11) is -1.71. The zero-order chi connectivity index (χ0) is 17.1. The number of aliphatic carboxylic acids is 2. The Balaban J connectivity index is 0. The first-order chi connectivity index (χ1) is 9.45. The van der Waals surface area contributed by atoms with Crippen molar-refractivity contribution < 1.29 is 37.3 Å². The molecule has 0 aromatic rings. The van der Waals surface area contributed by atoms with Crippen molar-refractivity contribution in [3.8, 4) is 0 Å². The second kappa shape index (κ2) is 12.0. The summed E-state index contributed by atoms with van der Waals surface area (Å²) in [6, 6.07) is -1.65. The summed E-state index contributed by atoms with van der Waals surface area (Å²) in [6.07, 6.45) is 0.802. The number of rotatable bonds is 9. The third-order valence-corrected chi connectivity index (χ3v) is 4.21. The minimum atomic E-state index is -4.67. The molecule has 8 N–H and O–H groups in total. The largest absolute Gasteiger partial charge is 0.480 e. The van der Waals surface area contributed by atoms with Crippen LogP contribution in [-0.4, -0.2) is 63.3 Å². The Morgan fingerprint density at radius 2 is 1.14 bits per heavy atom. The molecule has 0 aromatic heterocycles. The molecule has 0 aromatic carbocycles. The van der Waals surface area contributed by atoms with Crippen molar-refractivity contribution in [2.24, 2.45) is 11.5 Å². The summed E-state index contributed by atoms with van der Waals surface area (Å²) >= 11 is 0. The van der Waals surface area contributed by atoms with E-state index in [0.717, 1.165) is 0 Å². The van der Waals surface area contributed by atoms with Gasteiger partial charge in [-0.3, -0.25) is 18.7 Å². The van der Waals surface area contributed by atoms with Crippen LogP contribution in [0, 0.1) is 0 Å². The maximum absolute atomic E-state index is 10.4. The maximum atomic E-state index is 10.4. The SMILES string of the molecule is NC(CCSSCC[C@H](N)C(=O)O)C(=O)O.O=S(=O)(O)O. The normalized spacial score (nSPS) is 13.7. The monoisotopic (exact) mass is 366 g/mol. The van der Waals surface area contributed by atoms with E-state index in [1.807, 2.05) is 0 Å². The van der Waals surface area contributed by atoms with E-state index in [9.17, 15) is 9.59 Å². The molecule has 0 saturated carbocycles. The Hall–Kier alpha value is -0.570. The molecule has 0 spiro atoms. The van der Waals surface area contributed by atoms with Crippen molar-refractivity contribution in [3.05, 3.63) is 0 Å². The van der Waals surface area contributed by atoms with Crippen molar-refractivity contribution in [2.75, 3.05) is 11.5 Å². The number of carbonyl (C=O) groups is 2. The smallest absolute Gasteiger partial charge is 0.394 e. The lowest BCUT2D eigenvalue weighted by Gasteiger charge is -2.06. The van der Waals surface area contributed by atoms with Crippen molar-refractivity contribution in [1.29, 1.82) is 0 Å². The standard InChI is InChI=1S/C8H16N2O4S2.H2O4S/c9-5(7(11)12)1-3-15-16-4-2-6(10)8(13)14;1-5(2,3)4/h5-6H,1-4,9-10H2,(H,11,12)(H,13,14);(H2,1,2,3,4)/t5-,6?;/m0./s1. The van der Waals surface area contributed by atoms with E-state index < -0.39 is 34.4 Å². The molecule has 0 aliphatic rings. The van der Waals surface area contributed by atoms with Crippen LogP contribution < -0.4 is 11.5 Å². The van der Waals surface area contributed by atoms with Gasteiger partial charge < -0.3 is 21.7 Å². The summed E-state index contributed by atoms with van der Waals surface area (Å²) in [5.74, 6) is -0.752. The van der Waals surface area contributed by atoms with Crippen LogP contribution in [-0.2, 0) is 20.0 Å². The van der Waals surface area contributed by atoms with E-state index in [0.29, 0.717) is 24.3 Å². The van der Waals surface area contributed by atoms with Crippen LogP contribution in [0.2, 0.25) is 0 Å². The molecular formula is C8H18N2O8S3. The minimum absolute atomic E-state index is 0.401. The van der Waals surface area contributed by atoms with Crippen LogP contribution in [0.5, 0.6) is 0 Å². The lowest BCUT2D eigenvalue weighted by atomic mass is 10.2. The van der Waals surface area contributed by atoms with Gasteiger partial charge in [0, 0.05) is 11.5 Å². The highest BCUT2D eigenvalue weighted by Gasteiger charge is 2.12. The molecule has 21 heavy (non-hydrogen) atoms. The molecule has 2 atom stereocenters. The molecule has 1 unspecified atom stereocenters. The average Bonchev–Trinajstić information content (AvgIpc) is 2.30. The zero-order valence-corrected chi connectivity index (χ0v) is 13.2. The molecule has 10 nitrogen and oxygen atoms in total. The second-order valence-electron chi connectivity index (χ2n) is 3.56. The predicted octanol–water partition coefficient (Wildman–Crippen LogP) is -0.681. The van der Waals surface area contributed by atoms with E-state index in [1.165, 1.54) is 21.6 Å². The highest BCUT2D eigenvalue weighted by Crippen LogP contribution is 2.23. The fourth-order valence-corrected chi connectivity index (χ4v) is 2.94. The van der Waals surface area contributed by atoms with E-state index in [-0.39, 0.29) is 0 Å². The Morgan fingerprint density at radius 1 is 0.905 bits per heavy atom. The zero-order valence-electron chi connectivity index (χ0n) is 10.8. The minimum Gasteiger partial charge on any atom is -0.480 e. The average molecular weight is 366 g/mol. The van der Waals surface area contributed by atoms with Gasteiger partial charge in [-0.25, -0.2) is 0 Å². The third kappa shape index (κ3) is 21.9. The molecule has 0 heterocycles. The number of carboxylic acid groups (broad SMARTS) is 2. The molecular weight excluding hydrogens is 348 g/mol. The van der Waals surface area contributed by atoms with Gasteiger partial charge in [-0.2, -0.15) is 8.42 Å². The van der Waals surface area contributed by atoms with Crippen LogP contribution in [0.3, 0.4) is 0 Å². The molecule has 13 heteroatoms. The van der Waals surface area contributed by atoms with E-state index in [2.05, 4.69) is 0 Å². The summed E-state index contributed by atoms with van der Waals surface area (Å²) in [6.45, 7) is 0. The van der Waals surface area contributed by atoms with Gasteiger partial charge in [-0.1, -0.05) is 21.6 Å². The van der Waals surface area contributed by atoms with E-state index in [1.54, 1.807) is 0 Å². The molecule has 0 amide bonds. The molecule has 0 fully saturated rings. The summed E-state index contributed by atoms with van der Waals surface area (Å²) in [5, 5.41) is 17.0. The van der Waals surface area contributed by atoms with Crippen molar-refractivity contribution in [2.45, 2.75) is 24.9 Å². The van der Waals surface area contributed by atoms with E-state index >= 15 is 0 Å². The Kier molecular flexibility index (Phi) is 13.0. The summed E-state index contributed by atoms with van der Waals surface area (Å²) in [5.41, 5.74) is 10.6. The van der Waals surface area contributed by atoms with Crippen molar-refractivity contribution in [1.82, 2.24) is 0 Å². The second-order valence-corrected chi connectivity index (χ2v) is 7.16. The number of carboxylic acids is 2. The highest BCUT2D eigenvalue weighted by atomic mass is 33.1. The lowest BCUT2D eigenvalue weighted by molar-refractivity contribution is -0.139. The number of hydrogen-bond acceptors (Lipinski definition) is 8. The van der Waals surface area contributed by atoms with Gasteiger partial charge in [-0.15, -0.1) is 0 Å². The van der Waals surface area contributed by atoms with Gasteiger partial charge in [-0.05, 0) is 12.8 Å². The Bertz CT molecular complexity index is 384. The molecule has 0 rings (SSSR count). The van der Waals surface area contributed by atoms with Crippen molar-refractivity contribution in [3.63, 3.8) is 0 Å². The predicted molar refractivity (Wildman–Crippen MR) is 79.5 cm³/mol. The fraction of sp³-hybridized carbons (Fsp3) is 0.750. The molecule has 0 aliphatic heterocycles. The number of nitrogens with two attached hydrogens (primary N) is 2. The topological polar surface area (TPSA) is 201 Å². The first kappa shape index (κ1) is 22.7. The first-order valence-corrected chi connectivity index (χ1v) is 9.24. The molecule has 0 radical (unpaired) electrons. The van der Waals surface area contributed by atoms with Crippen molar-refractivity contribution >= 4 is 43.9 Å². The van der Waals surface area contributed by atoms with Crippen LogP contribution in [0.25, 0.3) is 0 Å². The van der Waals surface area contributed by atoms with Gasteiger partial charge in [0.2, 0.25) is 0 Å². The fourth-order valence-electron chi connectivity index (χ4n) is 0.715. The third-order valence-electron chi connectivity index (χ3n) is 1.74. The van der Waals surface area contributed by atoms with Crippen LogP contribution in [0.15, 0.2) is 0 Å². The first-order valence-electron chi connectivity index (χ1n) is 5.36. The highest BCUT2D eigenvalue weighted by molar-refractivity contribution is 8.76. The molecule has 0 aliphatic carbocycles. The van der Waals surface area contributed by atoms with Crippen LogP contribution in [0.4, 0.5) is 0 Å². The van der Waals surface area contributed by atoms with Gasteiger partial charge in [0.1, 0.15) is 12.1 Å². The Labute approximate surface area is 129 Å². The Morgan fingerprint density at radius 3 is 1.33 bits per heavy atom. The summed E-state index contributed by atoms with van der Waals surface area (Å²) in [4.78, 5) is 20.7. The van der Waals surface area contributed by atoms with Gasteiger partial charge in [0.15, 0.2) is 0 Å². The van der Waals surface area contributed by atoms with Gasteiger partial charge in [0.25, 0.3) is 0 Å². The quantitative estimate of drug-likeness (QED) is 0.171. The molecule has 0 bridgehead atoms. The van der Waals surface area contributed by atoms with Crippen LogP contribution in [0.1, 0.15) is 12.8 Å². The molecule has 0 saturated heterocycles. The number of hydrogen-bond donors (Lipinski definition) is 6. The summed E-state index contributed by atoms with van der Waals surface area (Å²) < 4.78 is 31.6. The maximum Gasteiger partial charge on any atom is 0.394 e. The lowest BCUT2D eigenvalue weighted by Crippen LogP contribution is -2.30. The molecule has 126 valence electrons. The van der Waals surface area contributed by atoms with E-state index in [4.69, 9.17) is 39.2 Å². The van der Waals surface area contributed by atoms with Gasteiger partial charge in [0.05, 0.1) is 0 Å².